The summed E-state index contributed by atoms with van der Waals surface area (Å²) in [6.07, 6.45) is 2.66. The topological polar surface area (TPSA) is 97.3 Å². The number of para-hydroxylation sites is 2. The molecule has 8 nitrogen and oxygen atoms in total. The Hall–Kier alpha value is -4.33. The molecule has 0 fully saturated rings. The molecule has 1 aromatic heterocycles. The standard InChI is InChI=1S/C26H27N5O3/c1-34-22-12-9-19(10-13-22)11-14-25(32)29-30-26(33)27-16-20-5-4-6-21(15-20)17-31-18-28-23-7-2-3-8-24(23)31/h2-10,12-13,15,18H,11,14,16-17H2,1H3,(H,29,32)(H2,27,30,33). The molecule has 0 aliphatic carbocycles. The molecule has 8 heteroatoms. The lowest BCUT2D eigenvalue weighted by atomic mass is 10.1. The van der Waals surface area contributed by atoms with E-state index >= 15 is 0 Å². The maximum atomic E-state index is 12.1. The fraction of sp³-hybridized carbons (Fsp3) is 0.192. The zero-order valence-corrected chi connectivity index (χ0v) is 19.0. The molecular weight excluding hydrogens is 430 g/mol. The molecule has 0 unspecified atom stereocenters. The van der Waals surface area contributed by atoms with Gasteiger partial charge in [0.25, 0.3) is 0 Å². The predicted molar refractivity (Wildman–Crippen MR) is 130 cm³/mol. The fourth-order valence-corrected chi connectivity index (χ4v) is 3.64. The Morgan fingerprint density at radius 3 is 2.53 bits per heavy atom. The van der Waals surface area contributed by atoms with E-state index in [1.807, 2.05) is 79.1 Å². The molecule has 3 aromatic carbocycles. The lowest BCUT2D eigenvalue weighted by Gasteiger charge is -2.11. The number of rotatable bonds is 8. The molecular formula is C26H27N5O3. The number of hydrazine groups is 1. The van der Waals surface area contributed by atoms with Crippen molar-refractivity contribution in [2.45, 2.75) is 25.9 Å². The van der Waals surface area contributed by atoms with Gasteiger partial charge in [-0.2, -0.15) is 0 Å². The highest BCUT2D eigenvalue weighted by molar-refractivity contribution is 5.81. The summed E-state index contributed by atoms with van der Waals surface area (Å²) in [5.41, 5.74) is 9.95. The second-order valence-electron chi connectivity index (χ2n) is 7.89. The van der Waals surface area contributed by atoms with Crippen molar-refractivity contribution in [3.05, 3.63) is 95.8 Å². The zero-order valence-electron chi connectivity index (χ0n) is 19.0. The predicted octanol–water partition coefficient (Wildman–Crippen LogP) is 3.56. The molecule has 0 spiro atoms. The second-order valence-corrected chi connectivity index (χ2v) is 7.89. The number of ether oxygens (including phenoxy) is 1. The van der Waals surface area contributed by atoms with E-state index in [4.69, 9.17) is 4.74 Å². The number of amides is 3. The summed E-state index contributed by atoms with van der Waals surface area (Å²) in [5.74, 6) is 0.507. The van der Waals surface area contributed by atoms with Gasteiger partial charge in [-0.25, -0.2) is 15.2 Å². The van der Waals surface area contributed by atoms with E-state index in [0.717, 1.165) is 33.5 Å². The summed E-state index contributed by atoms with van der Waals surface area (Å²) >= 11 is 0. The zero-order chi connectivity index (χ0) is 23.8. The number of fused-ring (bicyclic) bond motifs is 1. The van der Waals surface area contributed by atoms with E-state index in [2.05, 4.69) is 25.7 Å². The van der Waals surface area contributed by atoms with Crippen LogP contribution >= 0.6 is 0 Å². The highest BCUT2D eigenvalue weighted by Gasteiger charge is 2.07. The number of aromatic nitrogens is 2. The van der Waals surface area contributed by atoms with Gasteiger partial charge >= 0.3 is 6.03 Å². The van der Waals surface area contributed by atoms with E-state index in [9.17, 15) is 9.59 Å². The van der Waals surface area contributed by atoms with Crippen LogP contribution in [0.15, 0.2) is 79.1 Å². The summed E-state index contributed by atoms with van der Waals surface area (Å²) in [6, 6.07) is 23.1. The summed E-state index contributed by atoms with van der Waals surface area (Å²) in [4.78, 5) is 28.5. The Balaban J connectivity index is 1.21. The smallest absolute Gasteiger partial charge is 0.333 e. The van der Waals surface area contributed by atoms with Crippen LogP contribution in [0.3, 0.4) is 0 Å². The van der Waals surface area contributed by atoms with Crippen LogP contribution in [0.1, 0.15) is 23.1 Å². The number of imidazole rings is 1. The quantitative estimate of drug-likeness (QED) is 0.353. The number of methoxy groups -OCH3 is 1. The normalized spacial score (nSPS) is 10.6. The number of carbonyl (C=O) groups excluding carboxylic acids is 2. The molecule has 1 heterocycles. The van der Waals surface area contributed by atoms with Crippen molar-refractivity contribution in [3.8, 4) is 5.75 Å². The first-order valence-electron chi connectivity index (χ1n) is 11.0. The fourth-order valence-electron chi connectivity index (χ4n) is 3.64. The van der Waals surface area contributed by atoms with Crippen LogP contribution in [0.25, 0.3) is 11.0 Å². The lowest BCUT2D eigenvalue weighted by Crippen LogP contribution is -2.46. The number of carbonyl (C=O) groups is 2. The lowest BCUT2D eigenvalue weighted by molar-refractivity contribution is -0.121. The van der Waals surface area contributed by atoms with Gasteiger partial charge in [0.1, 0.15) is 5.75 Å². The third kappa shape index (κ3) is 6.13. The maximum Gasteiger partial charge on any atom is 0.333 e. The third-order valence-electron chi connectivity index (χ3n) is 5.44. The monoisotopic (exact) mass is 457 g/mol. The van der Waals surface area contributed by atoms with Crippen molar-refractivity contribution in [2.24, 2.45) is 0 Å². The highest BCUT2D eigenvalue weighted by Crippen LogP contribution is 2.15. The average Bonchev–Trinajstić information content (AvgIpc) is 3.28. The molecule has 0 aliphatic rings. The number of nitrogens with zero attached hydrogens (tertiary/aromatic N) is 2. The molecule has 4 aromatic rings. The van der Waals surface area contributed by atoms with Crippen LogP contribution in [0, 0.1) is 0 Å². The first-order chi connectivity index (χ1) is 16.6. The molecule has 0 saturated heterocycles. The van der Waals surface area contributed by atoms with Gasteiger partial charge in [-0.3, -0.25) is 10.2 Å². The van der Waals surface area contributed by atoms with Crippen molar-refractivity contribution in [3.63, 3.8) is 0 Å². The van der Waals surface area contributed by atoms with E-state index in [0.29, 0.717) is 19.5 Å². The Labute approximate surface area is 197 Å². The molecule has 34 heavy (non-hydrogen) atoms. The van der Waals surface area contributed by atoms with E-state index in [1.165, 1.54) is 0 Å². The van der Waals surface area contributed by atoms with Gasteiger partial charge in [0.05, 0.1) is 24.5 Å². The van der Waals surface area contributed by atoms with Crippen LogP contribution in [0.5, 0.6) is 5.75 Å². The van der Waals surface area contributed by atoms with Crippen molar-refractivity contribution in [1.82, 2.24) is 25.7 Å². The van der Waals surface area contributed by atoms with Crippen molar-refractivity contribution in [1.29, 1.82) is 0 Å². The van der Waals surface area contributed by atoms with Gasteiger partial charge in [-0.05, 0) is 47.4 Å². The van der Waals surface area contributed by atoms with Crippen molar-refractivity contribution >= 4 is 23.0 Å². The Morgan fingerprint density at radius 1 is 0.912 bits per heavy atom. The maximum absolute atomic E-state index is 12.1. The number of hydrogen-bond acceptors (Lipinski definition) is 4. The SMILES string of the molecule is COc1ccc(CCC(=O)NNC(=O)NCc2cccc(Cn3cnc4ccccc43)c2)cc1. The number of hydrogen-bond donors (Lipinski definition) is 3. The van der Waals surface area contributed by atoms with Crippen LogP contribution in [-0.4, -0.2) is 28.6 Å². The van der Waals surface area contributed by atoms with Gasteiger partial charge in [0, 0.05) is 19.5 Å². The van der Waals surface area contributed by atoms with Gasteiger partial charge in [-0.1, -0.05) is 48.5 Å². The Kier molecular flexibility index (Phi) is 7.39. The number of aryl methyl sites for hydroxylation is 1. The number of nitrogens with one attached hydrogen (secondary N) is 3. The van der Waals surface area contributed by atoms with Crippen molar-refractivity contribution in [2.75, 3.05) is 7.11 Å². The highest BCUT2D eigenvalue weighted by atomic mass is 16.5. The van der Waals surface area contributed by atoms with Crippen LogP contribution in [0.2, 0.25) is 0 Å². The van der Waals surface area contributed by atoms with Gasteiger partial charge in [-0.15, -0.1) is 0 Å². The molecule has 0 atom stereocenters. The Bertz CT molecular complexity index is 1270. The van der Waals surface area contributed by atoms with E-state index in [-0.39, 0.29) is 12.3 Å². The molecule has 0 aliphatic heterocycles. The van der Waals surface area contributed by atoms with Crippen LogP contribution in [0.4, 0.5) is 4.79 Å². The Morgan fingerprint density at radius 2 is 1.71 bits per heavy atom. The molecule has 3 N–H and O–H groups in total. The summed E-state index contributed by atoms with van der Waals surface area (Å²) in [7, 11) is 1.61. The molecule has 3 amide bonds. The first kappa shape index (κ1) is 22.8. The van der Waals surface area contributed by atoms with E-state index < -0.39 is 6.03 Å². The second kappa shape index (κ2) is 11.0. The number of benzene rings is 3. The summed E-state index contributed by atoms with van der Waals surface area (Å²) < 4.78 is 7.22. The minimum atomic E-state index is -0.469. The third-order valence-corrected chi connectivity index (χ3v) is 5.44. The van der Waals surface area contributed by atoms with Gasteiger partial charge in [0.2, 0.25) is 5.91 Å². The largest absolute Gasteiger partial charge is 0.497 e. The van der Waals surface area contributed by atoms with Gasteiger partial charge in [0.15, 0.2) is 0 Å². The van der Waals surface area contributed by atoms with Gasteiger partial charge < -0.3 is 14.6 Å². The van der Waals surface area contributed by atoms with Crippen LogP contribution < -0.4 is 20.9 Å². The van der Waals surface area contributed by atoms with Crippen molar-refractivity contribution < 1.29 is 14.3 Å². The van der Waals surface area contributed by atoms with Crippen LogP contribution in [-0.2, 0) is 24.3 Å². The first-order valence-corrected chi connectivity index (χ1v) is 11.0. The molecule has 4 rings (SSSR count). The molecule has 174 valence electrons. The van der Waals surface area contributed by atoms with E-state index in [1.54, 1.807) is 7.11 Å². The minimum Gasteiger partial charge on any atom is -0.497 e. The molecule has 0 radical (unpaired) electrons. The average molecular weight is 458 g/mol. The number of urea groups is 1. The molecule has 0 saturated carbocycles. The summed E-state index contributed by atoms with van der Waals surface area (Å²) in [6.45, 7) is 1.02. The minimum absolute atomic E-state index is 0.261. The summed E-state index contributed by atoms with van der Waals surface area (Å²) in [5, 5.41) is 2.76. The molecule has 0 bridgehead atoms.